The molecule has 0 aromatic rings. The van der Waals surface area contributed by atoms with Gasteiger partial charge in [-0.2, -0.15) is 0 Å². The topological polar surface area (TPSA) is 43.8 Å². The van der Waals surface area contributed by atoms with Crippen LogP contribution in [0.1, 0.15) is 38.5 Å². The maximum Gasteiger partial charge on any atom is 1.00 e. The first-order chi connectivity index (χ1) is 10.3. The van der Waals surface area contributed by atoms with Gasteiger partial charge in [0, 0.05) is 60.1 Å². The summed E-state index contributed by atoms with van der Waals surface area (Å²) >= 11 is 1.80. The molecule has 2 heterocycles. The minimum atomic E-state index is -0.608. The van der Waals surface area contributed by atoms with Crippen molar-refractivity contribution in [2.24, 2.45) is 11.8 Å². The summed E-state index contributed by atoms with van der Waals surface area (Å²) in [7, 11) is -0.608. The van der Waals surface area contributed by atoms with E-state index in [9.17, 15) is 9.32 Å². The van der Waals surface area contributed by atoms with E-state index in [2.05, 4.69) is 8.61 Å². The first-order valence-electron chi connectivity index (χ1n) is 8.42. The van der Waals surface area contributed by atoms with Crippen LogP contribution in [0.25, 0.3) is 0 Å². The predicted molar refractivity (Wildman–Crippen MR) is 95.7 cm³/mol. The Hall–Kier alpha value is 2.43. The molecule has 2 saturated heterocycles. The molecule has 0 radical (unpaired) electrons. The van der Waals surface area contributed by atoms with Gasteiger partial charge in [-0.3, -0.25) is 4.21 Å². The molecule has 0 spiro atoms. The summed E-state index contributed by atoms with van der Waals surface area (Å²) in [6, 6.07) is 0.314. The fourth-order valence-electron chi connectivity index (χ4n) is 3.99. The summed E-state index contributed by atoms with van der Waals surface area (Å²) in [6.07, 6.45) is 8.16. The minimum absolute atomic E-state index is 0. The number of aliphatic hydroxyl groups is 1. The van der Waals surface area contributed by atoms with E-state index in [4.69, 9.17) is 0 Å². The van der Waals surface area contributed by atoms with Crippen LogP contribution in [0.15, 0.2) is 0 Å². The molecule has 23 heavy (non-hydrogen) atoms. The molecule has 3 fully saturated rings. The van der Waals surface area contributed by atoms with Crippen molar-refractivity contribution < 1.29 is 78.2 Å². The van der Waals surface area contributed by atoms with Gasteiger partial charge in [-0.1, -0.05) is 32.1 Å². The zero-order valence-corrected chi connectivity index (χ0v) is 22.7. The number of nitrogens with zero attached hydrogens (tertiary/aromatic N) is 2. The van der Waals surface area contributed by atoms with Gasteiger partial charge in [-0.25, -0.2) is 8.61 Å². The van der Waals surface area contributed by atoms with Gasteiger partial charge in [0.05, 0.1) is 6.61 Å². The second kappa shape index (κ2) is 12.0. The third-order valence-electron chi connectivity index (χ3n) is 5.28. The molecule has 2 unspecified atom stereocenters. The summed E-state index contributed by atoms with van der Waals surface area (Å²) in [5, 5.41) is 9.70. The van der Waals surface area contributed by atoms with Crippen molar-refractivity contribution in [3.05, 3.63) is 7.43 Å². The SMILES string of the molecule is O=S1CCN(SN2CC(C3CCCCC3)CC2CO)CC1.[CH3-].[Cs+]. The third kappa shape index (κ3) is 6.83. The van der Waals surface area contributed by atoms with Crippen molar-refractivity contribution in [3.8, 4) is 0 Å². The zero-order valence-electron chi connectivity index (χ0n) is 14.8. The number of aliphatic hydroxyl groups excluding tert-OH is 1. The van der Waals surface area contributed by atoms with Gasteiger partial charge in [0.25, 0.3) is 0 Å². The first kappa shape index (κ1) is 23.5. The van der Waals surface area contributed by atoms with Crippen molar-refractivity contribution in [1.82, 2.24) is 8.61 Å². The molecule has 7 heteroatoms. The summed E-state index contributed by atoms with van der Waals surface area (Å²) in [4.78, 5) is 0. The first-order valence-corrected chi connectivity index (χ1v) is 10.6. The molecule has 0 amide bonds. The summed E-state index contributed by atoms with van der Waals surface area (Å²) < 4.78 is 16.2. The van der Waals surface area contributed by atoms with Gasteiger partial charge in [-0.05, 0) is 18.3 Å². The second-order valence-electron chi connectivity index (χ2n) is 6.69. The quantitative estimate of drug-likeness (QED) is 0.428. The van der Waals surface area contributed by atoms with Crippen LogP contribution in [0.4, 0.5) is 0 Å². The molecule has 1 aliphatic carbocycles. The van der Waals surface area contributed by atoms with Gasteiger partial charge >= 0.3 is 68.9 Å². The Kier molecular flexibility index (Phi) is 12.2. The van der Waals surface area contributed by atoms with E-state index in [0.717, 1.165) is 49.4 Å². The fraction of sp³-hybridized carbons (Fsp3) is 0.938. The Morgan fingerprint density at radius 3 is 2.35 bits per heavy atom. The Morgan fingerprint density at radius 1 is 1.09 bits per heavy atom. The van der Waals surface area contributed by atoms with E-state index in [1.165, 1.54) is 32.1 Å². The van der Waals surface area contributed by atoms with Crippen molar-refractivity contribution in [2.75, 3.05) is 37.7 Å². The third-order valence-corrected chi connectivity index (χ3v) is 7.81. The Balaban J connectivity index is 0.00000132. The Labute approximate surface area is 208 Å². The van der Waals surface area contributed by atoms with Crippen LogP contribution in [-0.4, -0.2) is 61.7 Å². The minimum Gasteiger partial charge on any atom is -0.395 e. The van der Waals surface area contributed by atoms with Crippen LogP contribution in [0.3, 0.4) is 0 Å². The van der Waals surface area contributed by atoms with Gasteiger partial charge in [-0.15, -0.1) is 0 Å². The molecule has 0 aromatic heterocycles. The maximum absolute atomic E-state index is 11.4. The number of hydrogen-bond acceptors (Lipinski definition) is 5. The molecule has 4 nitrogen and oxygen atoms in total. The van der Waals surface area contributed by atoms with Crippen LogP contribution >= 0.6 is 12.1 Å². The fourth-order valence-corrected chi connectivity index (χ4v) is 6.46. The van der Waals surface area contributed by atoms with Crippen LogP contribution in [0, 0.1) is 19.3 Å². The van der Waals surface area contributed by atoms with Gasteiger partial charge < -0.3 is 12.5 Å². The monoisotopic (exact) mass is 480 g/mol. The Morgan fingerprint density at radius 2 is 1.74 bits per heavy atom. The second-order valence-corrected chi connectivity index (χ2v) is 9.53. The molecule has 130 valence electrons. The number of rotatable bonds is 4. The van der Waals surface area contributed by atoms with E-state index in [1.54, 1.807) is 12.1 Å². The molecule has 1 saturated carbocycles. The molecule has 3 aliphatic rings. The smallest absolute Gasteiger partial charge is 0.395 e. The molecular weight excluding hydrogens is 449 g/mol. The van der Waals surface area contributed by atoms with Crippen LogP contribution in [0.2, 0.25) is 0 Å². The molecule has 2 aliphatic heterocycles. The molecule has 2 atom stereocenters. The van der Waals surface area contributed by atoms with Crippen molar-refractivity contribution >= 4 is 22.9 Å². The molecule has 0 bridgehead atoms. The van der Waals surface area contributed by atoms with Crippen LogP contribution < -0.4 is 68.9 Å². The Bertz CT molecular complexity index is 360. The summed E-state index contributed by atoms with van der Waals surface area (Å²) in [5.41, 5.74) is 0. The maximum atomic E-state index is 11.4. The average molecular weight is 480 g/mol. The number of hydrogen-bond donors (Lipinski definition) is 1. The van der Waals surface area contributed by atoms with Crippen molar-refractivity contribution in [1.29, 1.82) is 0 Å². The normalized spacial score (nSPS) is 31.5. The van der Waals surface area contributed by atoms with Gasteiger partial charge in [0.1, 0.15) is 0 Å². The van der Waals surface area contributed by atoms with E-state index < -0.39 is 10.8 Å². The molecule has 0 aromatic carbocycles. The average Bonchev–Trinajstić information content (AvgIpc) is 2.93. The largest absolute Gasteiger partial charge is 1.00 e. The van der Waals surface area contributed by atoms with Crippen LogP contribution in [-0.2, 0) is 10.8 Å². The van der Waals surface area contributed by atoms with E-state index in [-0.39, 0.29) is 82.9 Å². The predicted octanol–water partition coefficient (Wildman–Crippen LogP) is -0.669. The summed E-state index contributed by atoms with van der Waals surface area (Å²) in [6.45, 7) is 3.23. The van der Waals surface area contributed by atoms with E-state index in [0.29, 0.717) is 6.04 Å². The molecule has 1 N–H and O–H groups in total. The summed E-state index contributed by atoms with van der Waals surface area (Å²) in [5.74, 6) is 3.26. The standard InChI is InChI=1S/C15H28N2O2S2.CH3.Cs/c18-12-15-10-14(13-4-2-1-3-5-13)11-17(15)20-16-6-8-21(19)9-7-16;;/h13-15,18H,1-12H2;1H3;/q;-1;+1. The van der Waals surface area contributed by atoms with E-state index >= 15 is 0 Å². The van der Waals surface area contributed by atoms with Crippen molar-refractivity contribution in [2.45, 2.75) is 44.6 Å². The van der Waals surface area contributed by atoms with Gasteiger partial charge in [0.2, 0.25) is 0 Å². The molecule has 3 rings (SSSR count). The van der Waals surface area contributed by atoms with Crippen molar-refractivity contribution in [3.63, 3.8) is 0 Å². The zero-order chi connectivity index (χ0) is 14.7. The molecular formula is C16H31CsN2O2S2. The van der Waals surface area contributed by atoms with Crippen LogP contribution in [0.5, 0.6) is 0 Å². The van der Waals surface area contributed by atoms with E-state index in [1.807, 2.05) is 0 Å². The van der Waals surface area contributed by atoms with Gasteiger partial charge in [0.15, 0.2) is 0 Å².